The predicted molar refractivity (Wildman–Crippen MR) is 60.5 cm³/mol. The highest BCUT2D eigenvalue weighted by atomic mass is 16.5. The van der Waals surface area contributed by atoms with Crippen molar-refractivity contribution in [2.75, 3.05) is 20.3 Å². The number of nitrogens with one attached hydrogen (secondary N) is 1. The van der Waals surface area contributed by atoms with E-state index in [1.54, 1.807) is 0 Å². The first-order valence-electron chi connectivity index (χ1n) is 6.11. The fourth-order valence-electron chi connectivity index (χ4n) is 2.24. The Hall–Kier alpha value is -0.0800. The van der Waals surface area contributed by atoms with E-state index >= 15 is 0 Å². The molecule has 0 aromatic heterocycles. The molecule has 1 rings (SSSR count). The standard InChI is InChI=1S/C12H25NO/c1-3-12(13-2)6-4-5-11-7-9-14-10-8-11/h11-13H,3-10H2,1-2H3. The van der Waals surface area contributed by atoms with Crippen molar-refractivity contribution in [3.05, 3.63) is 0 Å². The van der Waals surface area contributed by atoms with Crippen LogP contribution in [0.1, 0.15) is 45.4 Å². The Morgan fingerprint density at radius 2 is 2.07 bits per heavy atom. The zero-order valence-corrected chi connectivity index (χ0v) is 9.72. The molecule has 0 aromatic carbocycles. The second-order valence-corrected chi connectivity index (χ2v) is 4.38. The molecule has 1 unspecified atom stereocenters. The summed E-state index contributed by atoms with van der Waals surface area (Å²) in [6.07, 6.45) is 7.95. The van der Waals surface area contributed by atoms with Gasteiger partial charge in [-0.2, -0.15) is 0 Å². The van der Waals surface area contributed by atoms with Gasteiger partial charge in [0, 0.05) is 19.3 Å². The number of hydrogen-bond donors (Lipinski definition) is 1. The van der Waals surface area contributed by atoms with Crippen LogP contribution in [0.4, 0.5) is 0 Å². The van der Waals surface area contributed by atoms with Gasteiger partial charge >= 0.3 is 0 Å². The first-order valence-corrected chi connectivity index (χ1v) is 6.11. The highest BCUT2D eigenvalue weighted by Crippen LogP contribution is 2.21. The Bertz CT molecular complexity index is 128. The van der Waals surface area contributed by atoms with Gasteiger partial charge in [0.15, 0.2) is 0 Å². The Morgan fingerprint density at radius 3 is 2.64 bits per heavy atom. The van der Waals surface area contributed by atoms with E-state index in [0.29, 0.717) is 0 Å². The van der Waals surface area contributed by atoms with Crippen molar-refractivity contribution >= 4 is 0 Å². The summed E-state index contributed by atoms with van der Waals surface area (Å²) in [5.74, 6) is 0.943. The monoisotopic (exact) mass is 199 g/mol. The number of ether oxygens (including phenoxy) is 1. The average molecular weight is 199 g/mol. The summed E-state index contributed by atoms with van der Waals surface area (Å²) >= 11 is 0. The topological polar surface area (TPSA) is 21.3 Å². The van der Waals surface area contributed by atoms with Gasteiger partial charge in [-0.05, 0) is 38.6 Å². The van der Waals surface area contributed by atoms with Crippen LogP contribution in [0.25, 0.3) is 0 Å². The first-order chi connectivity index (χ1) is 6.86. The zero-order valence-electron chi connectivity index (χ0n) is 9.72. The van der Waals surface area contributed by atoms with Gasteiger partial charge in [0.1, 0.15) is 0 Å². The molecule has 1 aliphatic heterocycles. The van der Waals surface area contributed by atoms with Crippen LogP contribution in [-0.4, -0.2) is 26.3 Å². The molecule has 2 heteroatoms. The summed E-state index contributed by atoms with van der Waals surface area (Å²) < 4.78 is 5.36. The molecule has 0 saturated carbocycles. The minimum Gasteiger partial charge on any atom is -0.381 e. The third kappa shape index (κ3) is 4.43. The smallest absolute Gasteiger partial charge is 0.0468 e. The molecule has 2 nitrogen and oxygen atoms in total. The molecule has 1 heterocycles. The molecular formula is C12H25NO. The van der Waals surface area contributed by atoms with E-state index in [-0.39, 0.29) is 0 Å². The van der Waals surface area contributed by atoms with Crippen molar-refractivity contribution in [2.45, 2.75) is 51.5 Å². The predicted octanol–water partition coefficient (Wildman–Crippen LogP) is 2.58. The molecule has 0 bridgehead atoms. The van der Waals surface area contributed by atoms with Crippen molar-refractivity contribution in [3.63, 3.8) is 0 Å². The Morgan fingerprint density at radius 1 is 1.36 bits per heavy atom. The van der Waals surface area contributed by atoms with Gasteiger partial charge < -0.3 is 10.1 Å². The third-order valence-electron chi connectivity index (χ3n) is 3.41. The van der Waals surface area contributed by atoms with E-state index < -0.39 is 0 Å². The summed E-state index contributed by atoms with van der Waals surface area (Å²) in [6.45, 7) is 4.25. The van der Waals surface area contributed by atoms with Crippen LogP contribution in [-0.2, 0) is 4.74 Å². The van der Waals surface area contributed by atoms with Crippen LogP contribution in [0.15, 0.2) is 0 Å². The minimum atomic E-state index is 0.731. The quantitative estimate of drug-likeness (QED) is 0.710. The SMILES string of the molecule is CCC(CCCC1CCOCC1)NC. The molecule has 0 aliphatic carbocycles. The number of rotatable bonds is 6. The maximum Gasteiger partial charge on any atom is 0.0468 e. The molecule has 0 aromatic rings. The lowest BCUT2D eigenvalue weighted by Gasteiger charge is -2.22. The van der Waals surface area contributed by atoms with Crippen LogP contribution >= 0.6 is 0 Å². The van der Waals surface area contributed by atoms with Crippen molar-refractivity contribution in [2.24, 2.45) is 5.92 Å². The summed E-state index contributed by atoms with van der Waals surface area (Å²) in [6, 6.07) is 0.731. The van der Waals surface area contributed by atoms with Crippen molar-refractivity contribution in [1.29, 1.82) is 0 Å². The maximum absolute atomic E-state index is 5.36. The molecule has 1 fully saturated rings. The highest BCUT2D eigenvalue weighted by molar-refractivity contribution is 4.67. The van der Waals surface area contributed by atoms with Gasteiger partial charge in [0.05, 0.1) is 0 Å². The zero-order chi connectivity index (χ0) is 10.2. The molecule has 0 radical (unpaired) electrons. The lowest BCUT2D eigenvalue weighted by molar-refractivity contribution is 0.0629. The Balaban J connectivity index is 2.01. The Labute approximate surface area is 88.4 Å². The normalized spacial score (nSPS) is 21.0. The molecule has 1 atom stereocenters. The summed E-state index contributed by atoms with van der Waals surface area (Å²) in [7, 11) is 2.07. The average Bonchev–Trinajstić information content (AvgIpc) is 2.26. The molecular weight excluding hydrogens is 174 g/mol. The van der Waals surface area contributed by atoms with E-state index in [1.165, 1.54) is 38.5 Å². The van der Waals surface area contributed by atoms with Crippen LogP contribution < -0.4 is 5.32 Å². The van der Waals surface area contributed by atoms with E-state index in [9.17, 15) is 0 Å². The van der Waals surface area contributed by atoms with Crippen LogP contribution in [0, 0.1) is 5.92 Å². The van der Waals surface area contributed by atoms with E-state index in [2.05, 4.69) is 19.3 Å². The molecule has 1 aliphatic rings. The fourth-order valence-corrected chi connectivity index (χ4v) is 2.24. The van der Waals surface area contributed by atoms with Crippen molar-refractivity contribution in [3.8, 4) is 0 Å². The van der Waals surface area contributed by atoms with E-state index in [0.717, 1.165) is 25.2 Å². The van der Waals surface area contributed by atoms with Gasteiger partial charge in [-0.1, -0.05) is 19.8 Å². The molecule has 0 amide bonds. The maximum atomic E-state index is 5.36. The molecule has 1 N–H and O–H groups in total. The van der Waals surface area contributed by atoms with Gasteiger partial charge in [-0.25, -0.2) is 0 Å². The van der Waals surface area contributed by atoms with Crippen molar-refractivity contribution < 1.29 is 4.74 Å². The Kier molecular flexibility index (Phi) is 6.20. The lowest BCUT2D eigenvalue weighted by atomic mass is 9.93. The van der Waals surface area contributed by atoms with Gasteiger partial charge in [-0.3, -0.25) is 0 Å². The highest BCUT2D eigenvalue weighted by Gasteiger charge is 2.13. The fraction of sp³-hybridized carbons (Fsp3) is 1.00. The van der Waals surface area contributed by atoms with Crippen LogP contribution in [0.5, 0.6) is 0 Å². The molecule has 84 valence electrons. The second kappa shape index (κ2) is 7.24. The van der Waals surface area contributed by atoms with Gasteiger partial charge in [0.25, 0.3) is 0 Å². The summed E-state index contributed by atoms with van der Waals surface area (Å²) in [4.78, 5) is 0. The molecule has 1 saturated heterocycles. The largest absolute Gasteiger partial charge is 0.381 e. The second-order valence-electron chi connectivity index (χ2n) is 4.38. The van der Waals surface area contributed by atoms with Crippen molar-refractivity contribution in [1.82, 2.24) is 5.32 Å². The van der Waals surface area contributed by atoms with Crippen LogP contribution in [0.2, 0.25) is 0 Å². The first kappa shape index (κ1) is 12.0. The van der Waals surface area contributed by atoms with E-state index in [4.69, 9.17) is 4.74 Å². The number of hydrogen-bond acceptors (Lipinski definition) is 2. The third-order valence-corrected chi connectivity index (χ3v) is 3.41. The summed E-state index contributed by atoms with van der Waals surface area (Å²) in [5.41, 5.74) is 0. The minimum absolute atomic E-state index is 0.731. The summed E-state index contributed by atoms with van der Waals surface area (Å²) in [5, 5.41) is 3.36. The lowest BCUT2D eigenvalue weighted by Crippen LogP contribution is -2.24. The van der Waals surface area contributed by atoms with Crippen LogP contribution in [0.3, 0.4) is 0 Å². The molecule has 14 heavy (non-hydrogen) atoms. The van der Waals surface area contributed by atoms with E-state index in [1.807, 2.05) is 0 Å². The van der Waals surface area contributed by atoms with Gasteiger partial charge in [-0.15, -0.1) is 0 Å². The molecule has 0 spiro atoms. The van der Waals surface area contributed by atoms with Gasteiger partial charge in [0.2, 0.25) is 0 Å².